The predicted molar refractivity (Wildman–Crippen MR) is 83.2 cm³/mol. The first-order chi connectivity index (χ1) is 9.66. The molecule has 1 atom stereocenters. The second kappa shape index (κ2) is 7.55. The van der Waals surface area contributed by atoms with Crippen LogP contribution in [0.25, 0.3) is 0 Å². The van der Waals surface area contributed by atoms with E-state index in [1.165, 1.54) is 19.4 Å². The lowest BCUT2D eigenvalue weighted by atomic mass is 10.0. The molecule has 3 heteroatoms. The minimum Gasteiger partial charge on any atom is -0.305 e. The van der Waals surface area contributed by atoms with E-state index in [-0.39, 0.29) is 5.78 Å². The van der Waals surface area contributed by atoms with Crippen molar-refractivity contribution in [3.05, 3.63) is 35.9 Å². The smallest absolute Gasteiger partial charge is 0.162 e. The molecule has 2 rings (SSSR count). The van der Waals surface area contributed by atoms with Crippen LogP contribution < -0.4 is 0 Å². The van der Waals surface area contributed by atoms with E-state index in [0.29, 0.717) is 12.5 Å². The van der Waals surface area contributed by atoms with Crippen molar-refractivity contribution >= 4 is 5.78 Å². The number of likely N-dealkylation sites (tertiary alicyclic amines) is 1. The van der Waals surface area contributed by atoms with Gasteiger partial charge in [0.1, 0.15) is 0 Å². The summed E-state index contributed by atoms with van der Waals surface area (Å²) in [6.07, 6.45) is 4.17. The van der Waals surface area contributed by atoms with E-state index < -0.39 is 0 Å². The van der Waals surface area contributed by atoms with Gasteiger partial charge in [-0.25, -0.2) is 0 Å². The fraction of sp³-hybridized carbons (Fsp3) is 0.588. The van der Waals surface area contributed by atoms with E-state index in [2.05, 4.69) is 23.9 Å². The van der Waals surface area contributed by atoms with Gasteiger partial charge in [0.2, 0.25) is 0 Å². The van der Waals surface area contributed by atoms with Gasteiger partial charge >= 0.3 is 0 Å². The van der Waals surface area contributed by atoms with E-state index in [1.807, 2.05) is 30.3 Å². The maximum absolute atomic E-state index is 12.0. The SMILES string of the molecule is CN1CCCC(N(C)CCCC(=O)c2ccccc2)C1. The molecule has 20 heavy (non-hydrogen) atoms. The van der Waals surface area contributed by atoms with Gasteiger partial charge in [-0.2, -0.15) is 0 Å². The minimum atomic E-state index is 0.264. The molecule has 0 amide bonds. The topological polar surface area (TPSA) is 23.6 Å². The number of benzene rings is 1. The molecular weight excluding hydrogens is 248 g/mol. The third-order valence-electron chi connectivity index (χ3n) is 4.23. The number of piperidine rings is 1. The summed E-state index contributed by atoms with van der Waals surface area (Å²) in [5, 5.41) is 0. The molecule has 1 fully saturated rings. The lowest BCUT2D eigenvalue weighted by Crippen LogP contribution is -2.45. The summed E-state index contributed by atoms with van der Waals surface area (Å²) in [6.45, 7) is 3.39. The fourth-order valence-corrected chi connectivity index (χ4v) is 2.94. The van der Waals surface area contributed by atoms with Crippen LogP contribution >= 0.6 is 0 Å². The van der Waals surface area contributed by atoms with E-state index in [0.717, 1.165) is 25.1 Å². The summed E-state index contributed by atoms with van der Waals surface area (Å²) >= 11 is 0. The maximum atomic E-state index is 12.0. The lowest BCUT2D eigenvalue weighted by molar-refractivity contribution is 0.0963. The zero-order valence-electron chi connectivity index (χ0n) is 12.7. The molecule has 1 heterocycles. The van der Waals surface area contributed by atoms with E-state index in [1.54, 1.807) is 0 Å². The second-order valence-electron chi connectivity index (χ2n) is 5.93. The van der Waals surface area contributed by atoms with Crippen LogP contribution in [0, 0.1) is 0 Å². The molecule has 0 N–H and O–H groups in total. The first-order valence-corrected chi connectivity index (χ1v) is 7.64. The Kier molecular flexibility index (Phi) is 5.74. The highest BCUT2D eigenvalue weighted by Crippen LogP contribution is 2.14. The lowest BCUT2D eigenvalue weighted by Gasteiger charge is -2.35. The molecule has 1 aromatic rings. The third-order valence-corrected chi connectivity index (χ3v) is 4.23. The second-order valence-corrected chi connectivity index (χ2v) is 5.93. The van der Waals surface area contributed by atoms with Gasteiger partial charge in [-0.05, 0) is 46.4 Å². The highest BCUT2D eigenvalue weighted by atomic mass is 16.1. The van der Waals surface area contributed by atoms with Gasteiger partial charge in [0.05, 0.1) is 0 Å². The molecule has 0 aliphatic carbocycles. The number of hydrogen-bond acceptors (Lipinski definition) is 3. The molecule has 0 radical (unpaired) electrons. The van der Waals surface area contributed by atoms with Crippen LogP contribution in [0.1, 0.15) is 36.0 Å². The van der Waals surface area contributed by atoms with Gasteiger partial charge < -0.3 is 9.80 Å². The molecule has 1 aliphatic rings. The molecule has 3 nitrogen and oxygen atoms in total. The van der Waals surface area contributed by atoms with Crippen molar-refractivity contribution < 1.29 is 4.79 Å². The normalized spacial score (nSPS) is 20.2. The summed E-state index contributed by atoms with van der Waals surface area (Å²) in [5.74, 6) is 0.264. The Labute approximate surface area is 122 Å². The zero-order chi connectivity index (χ0) is 14.4. The van der Waals surface area contributed by atoms with Gasteiger partial charge in [0.15, 0.2) is 5.78 Å². The zero-order valence-corrected chi connectivity index (χ0v) is 12.7. The van der Waals surface area contributed by atoms with Crippen molar-refractivity contribution in [2.45, 2.75) is 31.7 Å². The average molecular weight is 274 g/mol. The Hall–Kier alpha value is -1.19. The van der Waals surface area contributed by atoms with E-state index in [4.69, 9.17) is 0 Å². The predicted octanol–water partition coefficient (Wildman–Crippen LogP) is 2.68. The van der Waals surface area contributed by atoms with Gasteiger partial charge in [-0.1, -0.05) is 30.3 Å². The van der Waals surface area contributed by atoms with E-state index in [9.17, 15) is 4.79 Å². The number of carbonyl (C=O) groups excluding carboxylic acids is 1. The largest absolute Gasteiger partial charge is 0.305 e. The monoisotopic (exact) mass is 274 g/mol. The molecule has 1 unspecified atom stereocenters. The molecule has 0 aromatic heterocycles. The van der Waals surface area contributed by atoms with Crippen molar-refractivity contribution in [3.63, 3.8) is 0 Å². The molecule has 1 aliphatic heterocycles. The van der Waals surface area contributed by atoms with Crippen LogP contribution in [0.5, 0.6) is 0 Å². The highest BCUT2D eigenvalue weighted by molar-refractivity contribution is 5.95. The van der Waals surface area contributed by atoms with Gasteiger partial charge in [0.25, 0.3) is 0 Å². The quantitative estimate of drug-likeness (QED) is 0.745. The highest BCUT2D eigenvalue weighted by Gasteiger charge is 2.20. The summed E-state index contributed by atoms with van der Waals surface area (Å²) in [6, 6.07) is 10.3. The Morgan fingerprint density at radius 2 is 2.10 bits per heavy atom. The first-order valence-electron chi connectivity index (χ1n) is 7.64. The van der Waals surface area contributed by atoms with Crippen LogP contribution in [0.15, 0.2) is 30.3 Å². The molecule has 1 aromatic carbocycles. The Balaban J connectivity index is 1.71. The summed E-state index contributed by atoms with van der Waals surface area (Å²) in [5.41, 5.74) is 0.840. The number of carbonyl (C=O) groups is 1. The summed E-state index contributed by atoms with van der Waals surface area (Å²) in [7, 11) is 4.38. The number of nitrogens with zero attached hydrogens (tertiary/aromatic N) is 2. The van der Waals surface area contributed by atoms with Gasteiger partial charge in [0, 0.05) is 24.6 Å². The third kappa shape index (κ3) is 4.43. The van der Waals surface area contributed by atoms with Crippen molar-refractivity contribution in [1.29, 1.82) is 0 Å². The van der Waals surface area contributed by atoms with Crippen LogP contribution in [-0.4, -0.2) is 55.4 Å². The number of rotatable bonds is 6. The number of Topliss-reactive ketones (excluding diaryl/α,β-unsaturated/α-hetero) is 1. The van der Waals surface area contributed by atoms with Crippen LogP contribution in [0.3, 0.4) is 0 Å². The number of ketones is 1. The standard InChI is InChI=1S/C17H26N2O/c1-18-12-6-10-16(14-18)19(2)13-7-11-17(20)15-8-4-3-5-9-15/h3-5,8-9,16H,6-7,10-14H2,1-2H3. The molecular formula is C17H26N2O. The Morgan fingerprint density at radius 1 is 1.35 bits per heavy atom. The molecule has 1 saturated heterocycles. The molecule has 0 spiro atoms. The van der Waals surface area contributed by atoms with Gasteiger partial charge in [-0.15, -0.1) is 0 Å². The van der Waals surface area contributed by atoms with Crippen molar-refractivity contribution in [1.82, 2.24) is 9.80 Å². The Bertz CT molecular complexity index is 418. The van der Waals surface area contributed by atoms with Crippen molar-refractivity contribution in [3.8, 4) is 0 Å². The average Bonchev–Trinajstić information content (AvgIpc) is 2.48. The van der Waals surface area contributed by atoms with Crippen LogP contribution in [0.4, 0.5) is 0 Å². The van der Waals surface area contributed by atoms with Crippen molar-refractivity contribution in [2.24, 2.45) is 0 Å². The minimum absolute atomic E-state index is 0.264. The molecule has 0 saturated carbocycles. The maximum Gasteiger partial charge on any atom is 0.162 e. The molecule has 0 bridgehead atoms. The summed E-state index contributed by atoms with van der Waals surface area (Å²) < 4.78 is 0. The van der Waals surface area contributed by atoms with Gasteiger partial charge in [-0.3, -0.25) is 4.79 Å². The Morgan fingerprint density at radius 3 is 2.80 bits per heavy atom. The number of hydrogen-bond donors (Lipinski definition) is 0. The van der Waals surface area contributed by atoms with E-state index >= 15 is 0 Å². The fourth-order valence-electron chi connectivity index (χ4n) is 2.94. The van der Waals surface area contributed by atoms with Crippen molar-refractivity contribution in [2.75, 3.05) is 33.7 Å². The van der Waals surface area contributed by atoms with Crippen LogP contribution in [0.2, 0.25) is 0 Å². The summed E-state index contributed by atoms with van der Waals surface area (Å²) in [4.78, 5) is 16.9. The molecule has 110 valence electrons. The first kappa shape index (κ1) is 15.2. The van der Waals surface area contributed by atoms with Crippen LogP contribution in [-0.2, 0) is 0 Å². The number of likely N-dealkylation sites (N-methyl/N-ethyl adjacent to an activating group) is 2.